The number of ether oxygens (including phenoxy) is 1. The molecule has 242 valence electrons. The zero-order chi connectivity index (χ0) is 32.9. The summed E-state index contributed by atoms with van der Waals surface area (Å²) in [5.41, 5.74) is 5.41. The Bertz CT molecular complexity index is 1920. The van der Waals surface area contributed by atoms with Gasteiger partial charge >= 0.3 is 0 Å². The number of aromatic amines is 1. The lowest BCUT2D eigenvalue weighted by atomic mass is 9.93. The number of hydrogen-bond donors (Lipinski definition) is 3. The van der Waals surface area contributed by atoms with E-state index in [1.54, 1.807) is 36.4 Å². The molecule has 9 nitrogen and oxygen atoms in total. The van der Waals surface area contributed by atoms with Crippen LogP contribution in [0.4, 0.5) is 21.5 Å². The van der Waals surface area contributed by atoms with Gasteiger partial charge in [0.05, 0.1) is 16.4 Å². The predicted octanol–water partition coefficient (Wildman–Crippen LogP) is 8.17. The number of halogens is 3. The van der Waals surface area contributed by atoms with E-state index >= 15 is 0 Å². The molecule has 1 fully saturated rings. The molecule has 2 aromatic heterocycles. The normalized spacial score (nSPS) is 13.9. The Morgan fingerprint density at radius 2 is 1.96 bits per heavy atom. The van der Waals surface area contributed by atoms with Crippen molar-refractivity contribution in [1.82, 2.24) is 20.1 Å². The molecule has 3 aromatic carbocycles. The zero-order valence-corrected chi connectivity index (χ0v) is 27.3. The molecule has 6 rings (SSSR count). The van der Waals surface area contributed by atoms with Crippen molar-refractivity contribution < 1.29 is 13.9 Å². The van der Waals surface area contributed by atoms with Crippen molar-refractivity contribution in [3.05, 3.63) is 105 Å². The molecule has 3 N–H and O–H groups in total. The van der Waals surface area contributed by atoms with Crippen molar-refractivity contribution in [2.45, 2.75) is 32.3 Å². The maximum absolute atomic E-state index is 14.1. The molecule has 0 spiro atoms. The lowest BCUT2D eigenvalue weighted by Crippen LogP contribution is -2.36. The summed E-state index contributed by atoms with van der Waals surface area (Å²) >= 11 is 12.2. The first-order valence-electron chi connectivity index (χ1n) is 15.3. The van der Waals surface area contributed by atoms with Crippen molar-refractivity contribution in [2.24, 2.45) is 4.99 Å². The third kappa shape index (κ3) is 7.73. The number of H-pyrrole nitrogens is 1. The summed E-state index contributed by atoms with van der Waals surface area (Å²) in [5, 5.41) is 15.1. The van der Waals surface area contributed by atoms with Crippen LogP contribution in [-0.4, -0.2) is 58.9 Å². The number of carbonyl (C=O) groups excluding carboxylic acids is 1. The molecule has 1 aliphatic heterocycles. The van der Waals surface area contributed by atoms with Gasteiger partial charge in [0.15, 0.2) is 0 Å². The largest absolute Gasteiger partial charge is 0.473 e. The first-order valence-corrected chi connectivity index (χ1v) is 16.1. The lowest BCUT2D eigenvalue weighted by molar-refractivity contribution is 0.102. The van der Waals surface area contributed by atoms with E-state index in [0.29, 0.717) is 56.4 Å². The highest BCUT2D eigenvalue weighted by Gasteiger charge is 2.22. The average Bonchev–Trinajstić information content (AvgIpc) is 3.45. The number of carbonyl (C=O) groups is 1. The Balaban J connectivity index is 0.980. The fourth-order valence-electron chi connectivity index (χ4n) is 5.76. The second-order valence-electron chi connectivity index (χ2n) is 11.5. The van der Waals surface area contributed by atoms with Crippen molar-refractivity contribution in [1.29, 1.82) is 0 Å². The number of fused-ring (bicyclic) bond motifs is 1. The van der Waals surface area contributed by atoms with Crippen LogP contribution in [0.2, 0.25) is 10.0 Å². The van der Waals surface area contributed by atoms with E-state index < -0.39 is 5.82 Å². The van der Waals surface area contributed by atoms with Gasteiger partial charge in [0.25, 0.3) is 5.91 Å². The minimum atomic E-state index is -0.395. The topological polar surface area (TPSA) is 108 Å². The van der Waals surface area contributed by atoms with Crippen LogP contribution in [-0.2, 0) is 6.61 Å². The Hall–Kier alpha value is -4.51. The number of aryl methyl sites for hydroxylation is 1. The fraction of sp³-hybridized carbons (Fsp3) is 0.257. The number of nitrogens with one attached hydrogen (secondary N) is 3. The van der Waals surface area contributed by atoms with E-state index in [0.717, 1.165) is 54.9 Å². The summed E-state index contributed by atoms with van der Waals surface area (Å²) in [6.07, 6.45) is 1.95. The number of anilines is 2. The first kappa shape index (κ1) is 32.4. The number of pyridine rings is 1. The van der Waals surface area contributed by atoms with Crippen LogP contribution in [0.3, 0.4) is 0 Å². The van der Waals surface area contributed by atoms with Gasteiger partial charge < -0.3 is 20.3 Å². The minimum Gasteiger partial charge on any atom is -0.473 e. The zero-order valence-electron chi connectivity index (χ0n) is 25.8. The van der Waals surface area contributed by atoms with Gasteiger partial charge in [-0.1, -0.05) is 35.3 Å². The average molecular weight is 675 g/mol. The summed E-state index contributed by atoms with van der Waals surface area (Å²) in [4.78, 5) is 24.3. The van der Waals surface area contributed by atoms with E-state index in [-0.39, 0.29) is 12.5 Å². The molecule has 12 heteroatoms. The highest BCUT2D eigenvalue weighted by atomic mass is 35.5. The number of amides is 1. The molecular formula is C35H34Cl2FN7O2. The van der Waals surface area contributed by atoms with Gasteiger partial charge in [-0.25, -0.2) is 9.37 Å². The van der Waals surface area contributed by atoms with Gasteiger partial charge in [-0.05, 0) is 88.1 Å². The monoisotopic (exact) mass is 673 g/mol. The van der Waals surface area contributed by atoms with Crippen molar-refractivity contribution in [3.63, 3.8) is 0 Å². The molecule has 0 bridgehead atoms. The Morgan fingerprint density at radius 1 is 1.13 bits per heavy atom. The van der Waals surface area contributed by atoms with Crippen LogP contribution in [0.15, 0.2) is 71.7 Å². The highest BCUT2D eigenvalue weighted by Crippen LogP contribution is 2.31. The van der Waals surface area contributed by atoms with Gasteiger partial charge in [-0.3, -0.25) is 14.9 Å². The van der Waals surface area contributed by atoms with Gasteiger partial charge in [0, 0.05) is 63.7 Å². The highest BCUT2D eigenvalue weighted by molar-refractivity contribution is 6.35. The van der Waals surface area contributed by atoms with Gasteiger partial charge in [-0.15, -0.1) is 0 Å². The number of piperidine rings is 1. The quantitative estimate of drug-likeness (QED) is 0.122. The van der Waals surface area contributed by atoms with E-state index in [4.69, 9.17) is 32.9 Å². The number of rotatable bonds is 11. The second-order valence-corrected chi connectivity index (χ2v) is 12.4. The Kier molecular flexibility index (Phi) is 10.0. The Morgan fingerprint density at radius 3 is 2.74 bits per heavy atom. The number of aliphatic imine (C=N–C) groups is 1. The standard InChI is InChI=1S/C35H34Cl2FN7O2/c1-21-27-18-26(19-28(37)34(27)44-43-21)41-35(46)23-7-9-31(32(16-23)39-2)40-12-15-45-13-10-22(11-14-45)30-4-3-5-33(42-30)47-20-24-6-8-25(36)17-29(24)38/h3-9,16-19,22,40H,2,10-15,20H2,1H3,(H,41,46)(H,43,44). The fourth-order valence-corrected chi connectivity index (χ4v) is 6.18. The molecule has 0 unspecified atom stereocenters. The number of nitrogens with zero attached hydrogens (tertiary/aromatic N) is 4. The smallest absolute Gasteiger partial charge is 0.255 e. The van der Waals surface area contributed by atoms with E-state index in [9.17, 15) is 9.18 Å². The van der Waals surface area contributed by atoms with Crippen LogP contribution in [0.1, 0.15) is 46.1 Å². The molecule has 0 saturated carbocycles. The number of aromatic nitrogens is 3. The maximum Gasteiger partial charge on any atom is 0.255 e. The van der Waals surface area contributed by atoms with Crippen LogP contribution < -0.4 is 15.4 Å². The molecule has 1 aliphatic rings. The van der Waals surface area contributed by atoms with Crippen LogP contribution in [0.25, 0.3) is 10.9 Å². The van der Waals surface area contributed by atoms with Crippen LogP contribution in [0, 0.1) is 12.7 Å². The number of benzene rings is 3. The molecule has 3 heterocycles. The van der Waals surface area contributed by atoms with Gasteiger partial charge in [-0.2, -0.15) is 5.10 Å². The summed E-state index contributed by atoms with van der Waals surface area (Å²) < 4.78 is 19.9. The first-order chi connectivity index (χ1) is 22.8. The molecular weight excluding hydrogens is 640 g/mol. The third-order valence-corrected chi connectivity index (χ3v) is 8.90. The summed E-state index contributed by atoms with van der Waals surface area (Å²) in [7, 11) is 0. The van der Waals surface area contributed by atoms with Gasteiger partial charge in [0.1, 0.15) is 17.9 Å². The van der Waals surface area contributed by atoms with Crippen molar-refractivity contribution in [3.8, 4) is 5.88 Å². The van der Waals surface area contributed by atoms with E-state index in [1.807, 2.05) is 31.2 Å². The lowest BCUT2D eigenvalue weighted by Gasteiger charge is -2.31. The molecule has 1 saturated heterocycles. The minimum absolute atomic E-state index is 0.0856. The summed E-state index contributed by atoms with van der Waals surface area (Å²) in [6, 6.07) is 19.2. The Labute approximate surface area is 282 Å². The van der Waals surface area contributed by atoms with E-state index in [2.05, 4.69) is 37.4 Å². The molecule has 47 heavy (non-hydrogen) atoms. The van der Waals surface area contributed by atoms with Gasteiger partial charge in [0.2, 0.25) is 5.88 Å². The van der Waals surface area contributed by atoms with Crippen LogP contribution >= 0.6 is 23.2 Å². The predicted molar refractivity (Wildman–Crippen MR) is 186 cm³/mol. The van der Waals surface area contributed by atoms with Crippen LogP contribution in [0.5, 0.6) is 5.88 Å². The molecule has 0 radical (unpaired) electrons. The number of likely N-dealkylation sites (tertiary alicyclic amines) is 1. The molecule has 0 atom stereocenters. The number of hydrogen-bond acceptors (Lipinski definition) is 7. The van der Waals surface area contributed by atoms with Crippen molar-refractivity contribution in [2.75, 3.05) is 36.8 Å². The molecule has 0 aliphatic carbocycles. The second kappa shape index (κ2) is 14.5. The summed E-state index contributed by atoms with van der Waals surface area (Å²) in [6.45, 7) is 9.13. The maximum atomic E-state index is 14.1. The van der Waals surface area contributed by atoms with E-state index in [1.165, 1.54) is 6.07 Å². The SMILES string of the molecule is C=Nc1cc(C(=O)Nc2cc(Cl)c3n[nH]c(C)c3c2)ccc1NCCN1CCC(c2cccc(OCc3ccc(Cl)cc3F)n2)CC1. The van der Waals surface area contributed by atoms with Crippen molar-refractivity contribution >= 4 is 63.8 Å². The molecule has 1 amide bonds. The summed E-state index contributed by atoms with van der Waals surface area (Å²) in [5.74, 6) is 0.137. The molecule has 5 aromatic rings. The third-order valence-electron chi connectivity index (χ3n) is 8.38.